The maximum Gasteiger partial charge on any atom is 0.302 e. The smallest absolute Gasteiger partial charge is 0.302 e. The molecule has 0 aromatic carbocycles. The van der Waals surface area contributed by atoms with E-state index in [2.05, 4.69) is 13.8 Å². The van der Waals surface area contributed by atoms with E-state index in [0.29, 0.717) is 30.1 Å². The van der Waals surface area contributed by atoms with Gasteiger partial charge in [0.2, 0.25) is 10.0 Å². The molecule has 3 N–H and O–H groups in total. The first kappa shape index (κ1) is 21.6. The fourth-order valence-electron chi connectivity index (χ4n) is 8.24. The number of rotatable bonds is 3. The van der Waals surface area contributed by atoms with Gasteiger partial charge in [0.15, 0.2) is 0 Å². The first-order valence-corrected chi connectivity index (χ1v) is 13.0. The third-order valence-electron chi connectivity index (χ3n) is 9.71. The first-order chi connectivity index (χ1) is 13.4. The molecule has 0 amide bonds. The molecule has 4 aliphatic carbocycles. The summed E-state index contributed by atoms with van der Waals surface area (Å²) in [7, 11) is -3.72. The summed E-state index contributed by atoms with van der Waals surface area (Å²) >= 11 is 0. The molecule has 0 aromatic heterocycles. The summed E-state index contributed by atoms with van der Waals surface area (Å²) in [6.45, 7) is 6.04. The summed E-state index contributed by atoms with van der Waals surface area (Å²) in [6, 6.07) is 0. The molecule has 4 fully saturated rings. The number of hydrogen-bond acceptors (Lipinski definition) is 5. The zero-order valence-corrected chi connectivity index (χ0v) is 18.8. The minimum atomic E-state index is -3.72. The molecule has 0 heterocycles. The van der Waals surface area contributed by atoms with Crippen LogP contribution in [0.5, 0.6) is 0 Å². The van der Waals surface area contributed by atoms with Crippen molar-refractivity contribution in [1.29, 1.82) is 0 Å². The Hall–Kier alpha value is -0.660. The summed E-state index contributed by atoms with van der Waals surface area (Å²) in [5.41, 5.74) is -1.33. The van der Waals surface area contributed by atoms with Crippen molar-refractivity contribution >= 4 is 16.0 Å². The van der Waals surface area contributed by atoms with E-state index in [1.165, 1.54) is 6.92 Å². The Bertz CT molecular complexity index is 784. The summed E-state index contributed by atoms with van der Waals surface area (Å²) in [4.78, 5) is 11.4. The standard InChI is InChI=1S/C22H37NO5S/c1-14(24)28-16-6-9-20(2)15(12-16)4-5-17-18(20)7-10-21(3)19(17)8-11-22(21,25)13-29(23,26)27/h15-19,25H,4-13H2,1-3H3,(H2,23,26,27)/t15-,16-,17+,18-,19-,20-,21-,22+/m0/s1. The molecule has 6 nitrogen and oxygen atoms in total. The van der Waals surface area contributed by atoms with E-state index < -0.39 is 15.6 Å². The number of nitrogens with two attached hydrogens (primary N) is 1. The molecule has 0 aliphatic heterocycles. The molecule has 8 atom stereocenters. The van der Waals surface area contributed by atoms with Gasteiger partial charge in [-0.1, -0.05) is 13.8 Å². The van der Waals surface area contributed by atoms with E-state index in [0.717, 1.165) is 51.4 Å². The first-order valence-electron chi connectivity index (χ1n) is 11.3. The van der Waals surface area contributed by atoms with Gasteiger partial charge in [0.25, 0.3) is 0 Å². The van der Waals surface area contributed by atoms with Crippen molar-refractivity contribution in [2.75, 3.05) is 5.75 Å². The highest BCUT2D eigenvalue weighted by Crippen LogP contribution is 2.68. The van der Waals surface area contributed by atoms with Gasteiger partial charge in [-0.05, 0) is 86.9 Å². The number of carbonyl (C=O) groups is 1. The molecule has 29 heavy (non-hydrogen) atoms. The van der Waals surface area contributed by atoms with Gasteiger partial charge >= 0.3 is 5.97 Å². The van der Waals surface area contributed by atoms with Crippen molar-refractivity contribution in [2.45, 2.75) is 90.3 Å². The van der Waals surface area contributed by atoms with Gasteiger partial charge in [0, 0.05) is 12.3 Å². The molecule has 0 spiro atoms. The quantitative estimate of drug-likeness (QED) is 0.674. The highest BCUT2D eigenvalue weighted by Gasteiger charge is 2.65. The van der Waals surface area contributed by atoms with Crippen LogP contribution in [0.2, 0.25) is 0 Å². The van der Waals surface area contributed by atoms with Crippen molar-refractivity contribution in [3.8, 4) is 0 Å². The van der Waals surface area contributed by atoms with Crippen molar-refractivity contribution in [3.63, 3.8) is 0 Å². The second kappa shape index (κ2) is 6.92. The molecule has 166 valence electrons. The van der Waals surface area contributed by atoms with Crippen LogP contribution in [0, 0.1) is 34.5 Å². The van der Waals surface area contributed by atoms with Gasteiger partial charge in [-0.2, -0.15) is 0 Å². The third kappa shape index (κ3) is 3.45. The van der Waals surface area contributed by atoms with Crippen molar-refractivity contribution in [1.82, 2.24) is 0 Å². The zero-order valence-electron chi connectivity index (χ0n) is 18.0. The van der Waals surface area contributed by atoms with Gasteiger partial charge in [0.1, 0.15) is 6.10 Å². The average Bonchev–Trinajstić information content (AvgIpc) is 2.84. The number of hydrogen-bond donors (Lipinski definition) is 2. The Morgan fingerprint density at radius 1 is 1.07 bits per heavy atom. The highest BCUT2D eigenvalue weighted by atomic mass is 32.2. The number of primary sulfonamides is 1. The predicted octanol–water partition coefficient (Wildman–Crippen LogP) is 2.98. The molecular weight excluding hydrogens is 390 g/mol. The molecular formula is C22H37NO5S. The molecule has 0 saturated heterocycles. The van der Waals surface area contributed by atoms with E-state index in [9.17, 15) is 18.3 Å². The molecule has 0 aromatic rings. The van der Waals surface area contributed by atoms with Crippen molar-refractivity contribution in [2.24, 2.45) is 39.6 Å². The summed E-state index contributed by atoms with van der Waals surface area (Å²) in [6.07, 6.45) is 8.63. The van der Waals surface area contributed by atoms with Crippen molar-refractivity contribution in [3.05, 3.63) is 0 Å². The summed E-state index contributed by atoms with van der Waals surface area (Å²) in [5.74, 6) is 1.58. The van der Waals surface area contributed by atoms with Crippen LogP contribution >= 0.6 is 0 Å². The van der Waals surface area contributed by atoms with Gasteiger partial charge in [-0.25, -0.2) is 13.6 Å². The Kier molecular flexibility index (Phi) is 5.15. The van der Waals surface area contributed by atoms with Crippen LogP contribution < -0.4 is 5.14 Å². The lowest BCUT2D eigenvalue weighted by molar-refractivity contribution is -0.166. The molecule has 0 bridgehead atoms. The van der Waals surface area contributed by atoms with Crippen LogP contribution in [0.15, 0.2) is 0 Å². The molecule has 7 heteroatoms. The Balaban J connectivity index is 1.55. The van der Waals surface area contributed by atoms with E-state index in [4.69, 9.17) is 9.88 Å². The SMILES string of the molecule is CC(=O)O[C@H]1CC[C@@]2(C)[C@@H](CC[C@@H]3[C@@H]2CC[C@@]2(C)[C@H]3CC[C@@]2(O)CS(N)(=O)=O)C1. The predicted molar refractivity (Wildman–Crippen MR) is 110 cm³/mol. The van der Waals surface area contributed by atoms with E-state index in [-0.39, 0.29) is 28.7 Å². The molecule has 0 unspecified atom stereocenters. The highest BCUT2D eigenvalue weighted by molar-refractivity contribution is 7.89. The lowest BCUT2D eigenvalue weighted by Gasteiger charge is -2.61. The van der Waals surface area contributed by atoms with Crippen LogP contribution in [0.3, 0.4) is 0 Å². The molecule has 4 aliphatic rings. The minimum Gasteiger partial charge on any atom is -0.463 e. The van der Waals surface area contributed by atoms with Crippen LogP contribution in [0.25, 0.3) is 0 Å². The number of carbonyl (C=O) groups excluding carboxylic acids is 1. The lowest BCUT2D eigenvalue weighted by Crippen LogP contribution is -2.58. The van der Waals surface area contributed by atoms with E-state index in [1.807, 2.05) is 0 Å². The zero-order chi connectivity index (χ0) is 21.2. The number of ether oxygens (including phenoxy) is 1. The van der Waals surface area contributed by atoms with Crippen LogP contribution in [-0.4, -0.2) is 37.0 Å². The molecule has 0 radical (unpaired) electrons. The molecule has 4 rings (SSSR count). The van der Waals surface area contributed by atoms with Crippen LogP contribution in [0.4, 0.5) is 0 Å². The van der Waals surface area contributed by atoms with E-state index >= 15 is 0 Å². The second-order valence-electron chi connectivity index (χ2n) is 11.0. The number of sulfonamides is 1. The fourth-order valence-corrected chi connectivity index (χ4v) is 9.38. The Morgan fingerprint density at radius 2 is 1.76 bits per heavy atom. The number of fused-ring (bicyclic) bond motifs is 5. The minimum absolute atomic E-state index is 0.0577. The largest absolute Gasteiger partial charge is 0.463 e. The average molecular weight is 428 g/mol. The van der Waals surface area contributed by atoms with Gasteiger partial charge < -0.3 is 9.84 Å². The maximum atomic E-state index is 11.8. The number of aliphatic hydroxyl groups is 1. The van der Waals surface area contributed by atoms with E-state index in [1.54, 1.807) is 0 Å². The Labute approximate surface area is 175 Å². The number of esters is 1. The van der Waals surface area contributed by atoms with Crippen molar-refractivity contribution < 1.29 is 23.1 Å². The monoisotopic (exact) mass is 427 g/mol. The van der Waals surface area contributed by atoms with Crippen LogP contribution in [0.1, 0.15) is 78.6 Å². The second-order valence-corrected chi connectivity index (χ2v) is 12.6. The summed E-state index contributed by atoms with van der Waals surface area (Å²) < 4.78 is 29.2. The van der Waals surface area contributed by atoms with Gasteiger partial charge in [0.05, 0.1) is 11.4 Å². The lowest BCUT2D eigenvalue weighted by atomic mass is 9.44. The topological polar surface area (TPSA) is 107 Å². The fraction of sp³-hybridized carbons (Fsp3) is 0.955. The third-order valence-corrected chi connectivity index (χ3v) is 10.6. The maximum absolute atomic E-state index is 11.8. The summed E-state index contributed by atoms with van der Waals surface area (Å²) in [5, 5.41) is 16.7. The van der Waals surface area contributed by atoms with Gasteiger partial charge in [-0.15, -0.1) is 0 Å². The molecule has 4 saturated carbocycles. The van der Waals surface area contributed by atoms with Gasteiger partial charge in [-0.3, -0.25) is 4.79 Å². The normalized spacial score (nSPS) is 49.6. The van der Waals surface area contributed by atoms with Crippen LogP contribution in [-0.2, 0) is 19.6 Å². The Morgan fingerprint density at radius 3 is 2.41 bits per heavy atom.